The summed E-state index contributed by atoms with van der Waals surface area (Å²) in [6.07, 6.45) is 0. The molecule has 0 amide bonds. The molecule has 0 spiro atoms. The molecule has 134 valence electrons. The Morgan fingerprint density at radius 3 is 2.58 bits per heavy atom. The van der Waals surface area contributed by atoms with Crippen molar-refractivity contribution in [3.63, 3.8) is 0 Å². The van der Waals surface area contributed by atoms with Gasteiger partial charge in [-0.15, -0.1) is 0 Å². The molecule has 0 radical (unpaired) electrons. The minimum atomic E-state index is -0.737. The van der Waals surface area contributed by atoms with E-state index in [2.05, 4.69) is 26.1 Å². The second kappa shape index (κ2) is 8.05. The van der Waals surface area contributed by atoms with Crippen molar-refractivity contribution in [1.82, 2.24) is 10.1 Å². The van der Waals surface area contributed by atoms with Crippen LogP contribution in [0.3, 0.4) is 0 Å². The number of carbonyl (C=O) groups is 1. The number of hydrogen-bond acceptors (Lipinski definition) is 6. The van der Waals surface area contributed by atoms with Crippen molar-refractivity contribution < 1.29 is 27.6 Å². The van der Waals surface area contributed by atoms with E-state index < -0.39 is 11.8 Å². The van der Waals surface area contributed by atoms with Crippen molar-refractivity contribution in [3.8, 4) is 5.75 Å². The highest BCUT2D eigenvalue weighted by Crippen LogP contribution is 2.19. The van der Waals surface area contributed by atoms with Crippen LogP contribution in [0.4, 0.5) is 8.78 Å². The van der Waals surface area contributed by atoms with Gasteiger partial charge in [0, 0.05) is 4.47 Å². The number of nitrogens with zero attached hydrogens (tertiary/aromatic N) is 2. The van der Waals surface area contributed by atoms with Crippen LogP contribution >= 0.6 is 15.9 Å². The highest BCUT2D eigenvalue weighted by atomic mass is 79.9. The fourth-order valence-corrected chi connectivity index (χ4v) is 2.35. The van der Waals surface area contributed by atoms with Crippen molar-refractivity contribution in [3.05, 3.63) is 75.9 Å². The van der Waals surface area contributed by atoms with Crippen LogP contribution < -0.4 is 4.74 Å². The topological polar surface area (TPSA) is 74.5 Å². The number of halogens is 3. The molecule has 0 aliphatic carbocycles. The number of rotatable bonds is 6. The lowest BCUT2D eigenvalue weighted by Gasteiger charge is -2.04. The van der Waals surface area contributed by atoms with Crippen molar-refractivity contribution in [2.75, 3.05) is 0 Å². The Morgan fingerprint density at radius 1 is 1.08 bits per heavy atom. The Morgan fingerprint density at radius 2 is 1.81 bits per heavy atom. The Balaban J connectivity index is 1.54. The van der Waals surface area contributed by atoms with E-state index in [9.17, 15) is 13.6 Å². The molecule has 9 heteroatoms. The highest BCUT2D eigenvalue weighted by Gasteiger charge is 2.15. The van der Waals surface area contributed by atoms with E-state index in [0.717, 1.165) is 6.07 Å². The lowest BCUT2D eigenvalue weighted by atomic mass is 10.2. The van der Waals surface area contributed by atoms with E-state index >= 15 is 0 Å². The SMILES string of the molecule is O=C(OCc1nc(COc2ccc(F)cc2)no1)c1cc(F)ccc1Br. The molecule has 0 N–H and O–H groups in total. The molecular formula is C17H11BrF2N2O4. The van der Waals surface area contributed by atoms with Crippen molar-refractivity contribution in [2.24, 2.45) is 0 Å². The third kappa shape index (κ3) is 4.63. The van der Waals surface area contributed by atoms with Crippen molar-refractivity contribution in [2.45, 2.75) is 13.2 Å². The van der Waals surface area contributed by atoms with E-state index in [-0.39, 0.29) is 36.3 Å². The van der Waals surface area contributed by atoms with Gasteiger partial charge < -0.3 is 14.0 Å². The maximum absolute atomic E-state index is 13.2. The molecule has 0 saturated heterocycles. The summed E-state index contributed by atoms with van der Waals surface area (Å²) in [6, 6.07) is 9.14. The molecular weight excluding hydrogens is 414 g/mol. The van der Waals surface area contributed by atoms with Gasteiger partial charge in [-0.25, -0.2) is 13.6 Å². The molecule has 1 aromatic heterocycles. The van der Waals surface area contributed by atoms with Crippen LogP contribution in [0.5, 0.6) is 5.75 Å². The summed E-state index contributed by atoms with van der Waals surface area (Å²) >= 11 is 3.15. The summed E-state index contributed by atoms with van der Waals surface area (Å²) in [5.41, 5.74) is 0.0457. The van der Waals surface area contributed by atoms with Gasteiger partial charge in [0.2, 0.25) is 5.82 Å². The minimum absolute atomic E-state index is 0.00146. The first-order valence-electron chi connectivity index (χ1n) is 7.33. The molecule has 0 unspecified atom stereocenters. The van der Waals surface area contributed by atoms with Crippen LogP contribution in [0.1, 0.15) is 22.1 Å². The molecule has 0 atom stereocenters. The zero-order valence-electron chi connectivity index (χ0n) is 13.1. The van der Waals surface area contributed by atoms with Gasteiger partial charge in [-0.05, 0) is 58.4 Å². The molecule has 1 heterocycles. The maximum Gasteiger partial charge on any atom is 0.339 e. The van der Waals surface area contributed by atoms with E-state index in [1.165, 1.54) is 36.4 Å². The number of carbonyl (C=O) groups excluding carboxylic acids is 1. The first-order chi connectivity index (χ1) is 12.5. The Hall–Kier alpha value is -2.81. The number of aromatic nitrogens is 2. The smallest absolute Gasteiger partial charge is 0.339 e. The third-order valence-electron chi connectivity index (χ3n) is 3.17. The largest absolute Gasteiger partial charge is 0.485 e. The van der Waals surface area contributed by atoms with Gasteiger partial charge in [0.1, 0.15) is 17.4 Å². The molecule has 3 rings (SSSR count). The average Bonchev–Trinajstić information content (AvgIpc) is 3.09. The Labute approximate surface area is 154 Å². The molecule has 6 nitrogen and oxygen atoms in total. The van der Waals surface area contributed by atoms with Gasteiger partial charge in [0.15, 0.2) is 13.2 Å². The molecule has 0 fully saturated rings. The molecule has 26 heavy (non-hydrogen) atoms. The van der Waals surface area contributed by atoms with Crippen LogP contribution in [0.15, 0.2) is 51.5 Å². The van der Waals surface area contributed by atoms with Crippen molar-refractivity contribution in [1.29, 1.82) is 0 Å². The van der Waals surface area contributed by atoms with Crippen LogP contribution in [0.25, 0.3) is 0 Å². The van der Waals surface area contributed by atoms with E-state index in [4.69, 9.17) is 14.0 Å². The zero-order valence-corrected chi connectivity index (χ0v) is 14.7. The van der Waals surface area contributed by atoms with Gasteiger partial charge >= 0.3 is 5.97 Å². The summed E-state index contributed by atoms with van der Waals surface area (Å²) in [5, 5.41) is 3.69. The molecule has 0 aliphatic rings. The average molecular weight is 425 g/mol. The standard InChI is InChI=1S/C17H11BrF2N2O4/c18-14-6-3-11(20)7-13(14)17(23)25-9-16-21-15(22-26-16)8-24-12-4-1-10(19)2-5-12/h1-7H,8-9H2. The Kier molecular flexibility index (Phi) is 5.57. The van der Waals surface area contributed by atoms with E-state index in [1.54, 1.807) is 0 Å². The van der Waals surface area contributed by atoms with Crippen molar-refractivity contribution >= 4 is 21.9 Å². The molecule has 0 aliphatic heterocycles. The van der Waals surface area contributed by atoms with E-state index in [1.807, 2.05) is 0 Å². The van der Waals surface area contributed by atoms with E-state index in [0.29, 0.717) is 10.2 Å². The molecule has 0 bridgehead atoms. The number of esters is 1. The van der Waals surface area contributed by atoms with Gasteiger partial charge in [-0.1, -0.05) is 5.16 Å². The maximum atomic E-state index is 13.2. The predicted octanol–water partition coefficient (Wildman–Crippen LogP) is 4.05. The second-order valence-corrected chi connectivity index (χ2v) is 5.90. The highest BCUT2D eigenvalue weighted by molar-refractivity contribution is 9.10. The lowest BCUT2D eigenvalue weighted by Crippen LogP contribution is -2.07. The fraction of sp³-hybridized carbons (Fsp3) is 0.118. The summed E-state index contributed by atoms with van der Waals surface area (Å²) < 4.78 is 41.8. The summed E-state index contributed by atoms with van der Waals surface area (Å²) in [5.74, 6) is -0.932. The first kappa shape index (κ1) is 18.0. The van der Waals surface area contributed by atoms with Crippen LogP contribution in [-0.4, -0.2) is 16.1 Å². The van der Waals surface area contributed by atoms with Gasteiger partial charge in [-0.2, -0.15) is 4.98 Å². The Bertz CT molecular complexity index is 915. The quantitative estimate of drug-likeness (QED) is 0.555. The molecule has 3 aromatic rings. The number of hydrogen-bond donors (Lipinski definition) is 0. The fourth-order valence-electron chi connectivity index (χ4n) is 1.95. The van der Waals surface area contributed by atoms with Crippen LogP contribution in [0.2, 0.25) is 0 Å². The monoisotopic (exact) mass is 424 g/mol. The first-order valence-corrected chi connectivity index (χ1v) is 8.12. The summed E-state index contributed by atoms with van der Waals surface area (Å²) in [6.45, 7) is -0.274. The second-order valence-electron chi connectivity index (χ2n) is 5.05. The molecule has 2 aromatic carbocycles. The number of benzene rings is 2. The normalized spacial score (nSPS) is 10.6. The summed E-state index contributed by atoms with van der Waals surface area (Å²) in [7, 11) is 0. The van der Waals surface area contributed by atoms with Gasteiger partial charge in [0.25, 0.3) is 5.89 Å². The van der Waals surface area contributed by atoms with Crippen LogP contribution in [-0.2, 0) is 18.0 Å². The number of ether oxygens (including phenoxy) is 2. The summed E-state index contributed by atoms with van der Waals surface area (Å²) in [4.78, 5) is 16.0. The van der Waals surface area contributed by atoms with Gasteiger partial charge in [-0.3, -0.25) is 0 Å². The molecule has 0 saturated carbocycles. The predicted molar refractivity (Wildman–Crippen MR) is 88.2 cm³/mol. The minimum Gasteiger partial charge on any atom is -0.485 e. The zero-order chi connectivity index (χ0) is 18.5. The van der Waals surface area contributed by atoms with Crippen LogP contribution in [0, 0.1) is 11.6 Å². The lowest BCUT2D eigenvalue weighted by molar-refractivity contribution is 0.0428. The third-order valence-corrected chi connectivity index (χ3v) is 3.86. The van der Waals surface area contributed by atoms with Gasteiger partial charge in [0.05, 0.1) is 5.56 Å².